The highest BCUT2D eigenvalue weighted by Crippen LogP contribution is 2.42. The predicted octanol–water partition coefficient (Wildman–Crippen LogP) is 2.54. The Hall–Kier alpha value is -0.230. The number of ether oxygens (including phenoxy) is 3. The van der Waals surface area contributed by atoms with E-state index >= 15 is 0 Å². The van der Waals surface area contributed by atoms with Crippen LogP contribution in [-0.2, 0) is 25.0 Å². The Bertz CT molecular complexity index is 438. The second kappa shape index (κ2) is 6.11. The lowest BCUT2D eigenvalue weighted by molar-refractivity contribution is -0.219. The number of hydrogen-bond acceptors (Lipinski definition) is 4. The zero-order valence-electron chi connectivity index (χ0n) is 13.0. The maximum Gasteiger partial charge on any atom is 0.172 e. The molecule has 1 unspecified atom stereocenters. The quantitative estimate of drug-likeness (QED) is 0.735. The van der Waals surface area contributed by atoms with Crippen LogP contribution >= 0.6 is 0 Å². The molecule has 3 heterocycles. The van der Waals surface area contributed by atoms with Gasteiger partial charge in [-0.05, 0) is 39.0 Å². The summed E-state index contributed by atoms with van der Waals surface area (Å²) in [5.41, 5.74) is -0.303. The highest BCUT2D eigenvalue weighted by molar-refractivity contribution is 7.86. The molecular formula is C16H26O4S. The lowest BCUT2D eigenvalue weighted by Crippen LogP contribution is -2.59. The molecule has 0 aromatic heterocycles. The van der Waals surface area contributed by atoms with E-state index in [1.54, 1.807) is 0 Å². The Morgan fingerprint density at radius 2 is 2.19 bits per heavy atom. The maximum atomic E-state index is 12.8. The van der Waals surface area contributed by atoms with Crippen molar-refractivity contribution in [3.63, 3.8) is 0 Å². The van der Waals surface area contributed by atoms with Crippen LogP contribution in [0.5, 0.6) is 0 Å². The van der Waals surface area contributed by atoms with Crippen LogP contribution in [-0.4, -0.2) is 45.9 Å². The molecule has 5 heteroatoms. The number of rotatable bonds is 2. The third-order valence-corrected chi connectivity index (χ3v) is 6.78. The van der Waals surface area contributed by atoms with E-state index in [-0.39, 0.29) is 17.8 Å². The second-order valence-electron chi connectivity index (χ2n) is 6.38. The standard InChI is InChI=1S/C16H26O4S/c1-3-21(17)16-10-6-11-18-14(16)7-4-9-15(2)13(20-16)8-5-12-19-15/h4,7,13-14H,3,5-6,8-12H2,1-2H3/b7-4-/t13-,14-,15+,16-,21?/m1/s1. The average molecular weight is 314 g/mol. The summed E-state index contributed by atoms with van der Waals surface area (Å²) in [4.78, 5) is -0.698. The minimum Gasteiger partial charge on any atom is -0.372 e. The van der Waals surface area contributed by atoms with Crippen LogP contribution in [0, 0.1) is 0 Å². The average Bonchev–Trinajstić information content (AvgIpc) is 2.48. The van der Waals surface area contributed by atoms with Gasteiger partial charge in [-0.25, -0.2) is 0 Å². The largest absolute Gasteiger partial charge is 0.372 e. The third kappa shape index (κ3) is 2.74. The molecule has 0 aromatic rings. The van der Waals surface area contributed by atoms with Gasteiger partial charge < -0.3 is 14.2 Å². The Morgan fingerprint density at radius 3 is 3.00 bits per heavy atom. The van der Waals surface area contributed by atoms with E-state index in [2.05, 4.69) is 13.0 Å². The summed E-state index contributed by atoms with van der Waals surface area (Å²) in [6, 6.07) is 0. The van der Waals surface area contributed by atoms with Crippen molar-refractivity contribution in [3.05, 3.63) is 12.2 Å². The Balaban J connectivity index is 1.97. The van der Waals surface area contributed by atoms with Crippen molar-refractivity contribution >= 4 is 10.8 Å². The molecule has 21 heavy (non-hydrogen) atoms. The van der Waals surface area contributed by atoms with Crippen LogP contribution in [0.15, 0.2) is 12.2 Å². The molecule has 0 spiro atoms. The molecule has 3 aliphatic rings. The minimum atomic E-state index is -1.06. The molecule has 2 saturated heterocycles. The molecule has 0 bridgehead atoms. The second-order valence-corrected chi connectivity index (χ2v) is 8.34. The van der Waals surface area contributed by atoms with Crippen molar-refractivity contribution in [3.8, 4) is 0 Å². The van der Waals surface area contributed by atoms with Crippen molar-refractivity contribution in [2.75, 3.05) is 19.0 Å². The summed E-state index contributed by atoms with van der Waals surface area (Å²) in [5.74, 6) is 0.595. The zero-order chi connectivity index (χ0) is 14.9. The van der Waals surface area contributed by atoms with Crippen molar-refractivity contribution < 1.29 is 18.4 Å². The van der Waals surface area contributed by atoms with E-state index in [9.17, 15) is 4.21 Å². The summed E-state index contributed by atoms with van der Waals surface area (Å²) in [7, 11) is -1.06. The fraction of sp³-hybridized carbons (Fsp3) is 0.875. The molecule has 0 N–H and O–H groups in total. The van der Waals surface area contributed by atoms with Crippen molar-refractivity contribution in [1.29, 1.82) is 0 Å². The summed E-state index contributed by atoms with van der Waals surface area (Å²) >= 11 is 0. The van der Waals surface area contributed by atoms with Gasteiger partial charge in [-0.2, -0.15) is 0 Å². The molecule has 0 radical (unpaired) electrons. The van der Waals surface area contributed by atoms with Gasteiger partial charge >= 0.3 is 0 Å². The molecule has 0 aromatic carbocycles. The van der Waals surface area contributed by atoms with Crippen LogP contribution in [0.1, 0.15) is 46.0 Å². The minimum absolute atomic E-state index is 0.00380. The van der Waals surface area contributed by atoms with Crippen molar-refractivity contribution in [1.82, 2.24) is 0 Å². The van der Waals surface area contributed by atoms with Crippen LogP contribution in [0.25, 0.3) is 0 Å². The van der Waals surface area contributed by atoms with Crippen molar-refractivity contribution in [2.24, 2.45) is 0 Å². The van der Waals surface area contributed by atoms with Gasteiger partial charge in [0.2, 0.25) is 0 Å². The highest BCUT2D eigenvalue weighted by atomic mass is 32.2. The highest BCUT2D eigenvalue weighted by Gasteiger charge is 2.52. The van der Waals surface area contributed by atoms with Gasteiger partial charge in [0.25, 0.3) is 0 Å². The van der Waals surface area contributed by atoms with E-state index in [4.69, 9.17) is 14.2 Å². The molecule has 0 saturated carbocycles. The predicted molar refractivity (Wildman–Crippen MR) is 82.6 cm³/mol. The number of fused-ring (bicyclic) bond motifs is 2. The molecule has 5 atom stereocenters. The van der Waals surface area contributed by atoms with Gasteiger partial charge in [0.15, 0.2) is 4.93 Å². The normalized spacial score (nSPS) is 46.6. The fourth-order valence-corrected chi connectivity index (χ4v) is 5.17. The van der Waals surface area contributed by atoms with Gasteiger partial charge in [0.1, 0.15) is 6.10 Å². The van der Waals surface area contributed by atoms with Gasteiger partial charge in [-0.1, -0.05) is 19.1 Å². The smallest absolute Gasteiger partial charge is 0.172 e. The van der Waals surface area contributed by atoms with Gasteiger partial charge in [-0.15, -0.1) is 0 Å². The van der Waals surface area contributed by atoms with Gasteiger partial charge in [-0.3, -0.25) is 4.21 Å². The topological polar surface area (TPSA) is 44.8 Å². The van der Waals surface area contributed by atoms with Gasteiger partial charge in [0, 0.05) is 19.0 Å². The molecular weight excluding hydrogens is 288 g/mol. The van der Waals surface area contributed by atoms with E-state index in [1.165, 1.54) is 0 Å². The maximum absolute atomic E-state index is 12.8. The zero-order valence-corrected chi connectivity index (χ0v) is 13.8. The lowest BCUT2D eigenvalue weighted by Gasteiger charge is -2.50. The fourth-order valence-electron chi connectivity index (χ4n) is 3.68. The van der Waals surface area contributed by atoms with E-state index < -0.39 is 15.7 Å². The molecule has 120 valence electrons. The molecule has 3 rings (SSSR count). The SMILES string of the molecule is CCS(=O)[C@]12CCCO[C@@H]1/C=C\C[C@]1(C)OCCC[C@H]1O2. The molecule has 2 fully saturated rings. The third-order valence-electron chi connectivity index (χ3n) is 4.95. The molecule has 0 aliphatic carbocycles. The lowest BCUT2D eigenvalue weighted by atomic mass is 9.86. The Kier molecular flexibility index (Phi) is 4.55. The molecule has 0 amide bonds. The summed E-state index contributed by atoms with van der Waals surface area (Å²) in [6.07, 6.45) is 8.49. The van der Waals surface area contributed by atoms with E-state index in [1.807, 2.05) is 13.0 Å². The van der Waals surface area contributed by atoms with Crippen molar-refractivity contribution in [2.45, 2.75) is 68.7 Å². The summed E-state index contributed by atoms with van der Waals surface area (Å²) in [5, 5.41) is 0. The van der Waals surface area contributed by atoms with Crippen LogP contribution < -0.4 is 0 Å². The first-order valence-corrected chi connectivity index (χ1v) is 9.41. The Labute approximate surface area is 129 Å². The first-order valence-electron chi connectivity index (χ1n) is 8.09. The Morgan fingerprint density at radius 1 is 1.33 bits per heavy atom. The van der Waals surface area contributed by atoms with Gasteiger partial charge in [0.05, 0.1) is 22.5 Å². The molecule has 3 aliphatic heterocycles. The summed E-state index contributed by atoms with van der Waals surface area (Å²) in [6.45, 7) is 5.58. The first-order chi connectivity index (χ1) is 10.1. The summed E-state index contributed by atoms with van der Waals surface area (Å²) < 4.78 is 31.3. The van der Waals surface area contributed by atoms with E-state index in [0.717, 1.165) is 45.3 Å². The van der Waals surface area contributed by atoms with Crippen LogP contribution in [0.4, 0.5) is 0 Å². The van der Waals surface area contributed by atoms with Crippen LogP contribution in [0.3, 0.4) is 0 Å². The molecule has 4 nitrogen and oxygen atoms in total. The van der Waals surface area contributed by atoms with E-state index in [0.29, 0.717) is 5.75 Å². The first kappa shape index (κ1) is 15.7. The number of hydrogen-bond donors (Lipinski definition) is 0. The van der Waals surface area contributed by atoms with Crippen LogP contribution in [0.2, 0.25) is 0 Å². The monoisotopic (exact) mass is 314 g/mol.